The van der Waals surface area contributed by atoms with E-state index in [9.17, 15) is 9.90 Å². The van der Waals surface area contributed by atoms with E-state index in [1.807, 2.05) is 47.4 Å². The molecular weight excluding hydrogens is 266 g/mol. The van der Waals surface area contributed by atoms with Gasteiger partial charge < -0.3 is 14.7 Å². The second-order valence-electron chi connectivity index (χ2n) is 4.95. The lowest BCUT2D eigenvalue weighted by Gasteiger charge is -2.08. The quantitative estimate of drug-likeness (QED) is 0.692. The van der Waals surface area contributed by atoms with E-state index in [-0.39, 0.29) is 23.8 Å². The van der Waals surface area contributed by atoms with E-state index in [0.29, 0.717) is 12.3 Å². The van der Waals surface area contributed by atoms with Gasteiger partial charge in [-0.2, -0.15) is 0 Å². The van der Waals surface area contributed by atoms with Gasteiger partial charge in [-0.1, -0.05) is 42.5 Å². The van der Waals surface area contributed by atoms with Gasteiger partial charge in [0.2, 0.25) is 0 Å². The van der Waals surface area contributed by atoms with Crippen molar-refractivity contribution in [1.29, 1.82) is 0 Å². The number of phenols is 1. The molecule has 1 fully saturated rings. The fourth-order valence-corrected chi connectivity index (χ4v) is 2.68. The molecule has 0 aromatic heterocycles. The third-order valence-electron chi connectivity index (χ3n) is 3.64. The number of phenolic OH excluding ortho intramolecular Hbond substituents is 1. The molecule has 21 heavy (non-hydrogen) atoms. The molecule has 0 unspecified atom stereocenters. The van der Waals surface area contributed by atoms with Gasteiger partial charge in [0.05, 0.1) is 18.3 Å². The van der Waals surface area contributed by atoms with Crippen LogP contribution in [0.25, 0.3) is 0 Å². The zero-order chi connectivity index (χ0) is 14.8. The number of anilines is 1. The van der Waals surface area contributed by atoms with Crippen molar-refractivity contribution in [2.45, 2.75) is 19.0 Å². The number of esters is 1. The van der Waals surface area contributed by atoms with Gasteiger partial charge in [0, 0.05) is 0 Å². The van der Waals surface area contributed by atoms with Crippen LogP contribution < -0.4 is 4.90 Å². The molecule has 2 aromatic rings. The van der Waals surface area contributed by atoms with Gasteiger partial charge in [0.25, 0.3) is 0 Å². The summed E-state index contributed by atoms with van der Waals surface area (Å²) in [4.78, 5) is 14.0. The van der Waals surface area contributed by atoms with Crippen molar-refractivity contribution in [2.24, 2.45) is 0 Å². The predicted octanol–water partition coefficient (Wildman–Crippen LogP) is 2.89. The molecule has 1 N–H and O–H groups in total. The molecule has 2 atom stereocenters. The zero-order valence-electron chi connectivity index (χ0n) is 11.8. The Balaban J connectivity index is 1.94. The maximum atomic E-state index is 12.1. The van der Waals surface area contributed by atoms with E-state index in [1.54, 1.807) is 19.1 Å². The van der Waals surface area contributed by atoms with Crippen LogP contribution in [0.2, 0.25) is 0 Å². The monoisotopic (exact) mass is 283 g/mol. The Kier molecular flexibility index (Phi) is 3.52. The highest BCUT2D eigenvalue weighted by Crippen LogP contribution is 2.50. The van der Waals surface area contributed by atoms with Crippen LogP contribution in [0.1, 0.15) is 18.5 Å². The molecule has 1 aliphatic heterocycles. The topological polar surface area (TPSA) is 49.5 Å². The van der Waals surface area contributed by atoms with Crippen LogP contribution in [-0.4, -0.2) is 23.7 Å². The van der Waals surface area contributed by atoms with Crippen LogP contribution in [0.15, 0.2) is 54.6 Å². The fourth-order valence-electron chi connectivity index (χ4n) is 2.68. The Morgan fingerprint density at radius 2 is 1.81 bits per heavy atom. The molecule has 0 aliphatic carbocycles. The minimum atomic E-state index is -0.374. The van der Waals surface area contributed by atoms with Crippen molar-refractivity contribution >= 4 is 11.7 Å². The smallest absolute Gasteiger partial charge is 0.331 e. The summed E-state index contributed by atoms with van der Waals surface area (Å²) in [5.74, 6) is -0.0835. The second-order valence-corrected chi connectivity index (χ2v) is 4.95. The molecule has 1 aliphatic rings. The molecular formula is C17H17NO3. The number of para-hydroxylation sites is 2. The zero-order valence-corrected chi connectivity index (χ0v) is 11.8. The normalized spacial score (nSPS) is 20.1. The number of hydrogen-bond acceptors (Lipinski definition) is 4. The molecule has 0 spiro atoms. The first-order valence-corrected chi connectivity index (χ1v) is 7.02. The van der Waals surface area contributed by atoms with Crippen LogP contribution in [0.5, 0.6) is 5.75 Å². The summed E-state index contributed by atoms with van der Waals surface area (Å²) in [5, 5.41) is 10.0. The standard InChI is InChI=1S/C17H17NO3/c1-2-21-17(20)16-15(12-8-4-3-5-9-12)18(16)13-10-6-7-11-14(13)19/h3-11,15-16,19H,2H2,1H3/t15-,16+,18?/m1/s1. The van der Waals surface area contributed by atoms with Gasteiger partial charge >= 0.3 is 5.97 Å². The lowest BCUT2D eigenvalue weighted by atomic mass is 10.1. The SMILES string of the molecule is CCOC(=O)[C@@H]1[C@@H](c2ccccc2)N1c1ccccc1O. The molecule has 4 nitrogen and oxygen atoms in total. The van der Waals surface area contributed by atoms with E-state index in [2.05, 4.69) is 0 Å². The summed E-state index contributed by atoms with van der Waals surface area (Å²) >= 11 is 0. The van der Waals surface area contributed by atoms with Crippen molar-refractivity contribution in [3.05, 3.63) is 60.2 Å². The first-order chi connectivity index (χ1) is 10.2. The first-order valence-electron chi connectivity index (χ1n) is 7.02. The van der Waals surface area contributed by atoms with E-state index in [0.717, 1.165) is 5.56 Å². The molecule has 108 valence electrons. The highest BCUT2D eigenvalue weighted by Gasteiger charge is 2.55. The van der Waals surface area contributed by atoms with E-state index < -0.39 is 0 Å². The highest BCUT2D eigenvalue weighted by atomic mass is 16.5. The summed E-state index contributed by atoms with van der Waals surface area (Å²) in [5.41, 5.74) is 1.70. The maximum Gasteiger partial charge on any atom is 0.331 e. The van der Waals surface area contributed by atoms with E-state index >= 15 is 0 Å². The van der Waals surface area contributed by atoms with Crippen molar-refractivity contribution in [3.63, 3.8) is 0 Å². The predicted molar refractivity (Wildman–Crippen MR) is 80.2 cm³/mol. The Labute approximate surface area is 123 Å². The molecule has 0 bridgehead atoms. The number of nitrogens with zero attached hydrogens (tertiary/aromatic N) is 1. The van der Waals surface area contributed by atoms with Gasteiger partial charge in [-0.15, -0.1) is 0 Å². The molecule has 1 heterocycles. The summed E-state index contributed by atoms with van der Waals surface area (Å²) in [6.07, 6.45) is 0. The summed E-state index contributed by atoms with van der Waals surface area (Å²) < 4.78 is 5.15. The van der Waals surface area contributed by atoms with Crippen LogP contribution in [0, 0.1) is 0 Å². The van der Waals surface area contributed by atoms with Gasteiger partial charge in [-0.05, 0) is 24.6 Å². The Bertz CT molecular complexity index is 641. The average molecular weight is 283 g/mol. The Morgan fingerprint density at radius 3 is 2.48 bits per heavy atom. The molecule has 1 saturated heterocycles. The van der Waals surface area contributed by atoms with Crippen molar-refractivity contribution in [3.8, 4) is 5.75 Å². The average Bonchev–Trinajstić information content (AvgIpc) is 3.24. The van der Waals surface area contributed by atoms with Gasteiger partial charge in [-0.3, -0.25) is 0 Å². The lowest BCUT2D eigenvalue weighted by Crippen LogP contribution is -2.16. The third-order valence-corrected chi connectivity index (χ3v) is 3.64. The molecule has 0 saturated carbocycles. The number of carbonyl (C=O) groups is 1. The highest BCUT2D eigenvalue weighted by molar-refractivity contribution is 5.90. The van der Waals surface area contributed by atoms with Crippen LogP contribution >= 0.6 is 0 Å². The summed E-state index contributed by atoms with van der Waals surface area (Å²) in [6, 6.07) is 16.4. The lowest BCUT2D eigenvalue weighted by molar-refractivity contribution is -0.142. The largest absolute Gasteiger partial charge is 0.506 e. The van der Waals surface area contributed by atoms with Crippen molar-refractivity contribution in [1.82, 2.24) is 0 Å². The fraction of sp³-hybridized carbons (Fsp3) is 0.235. The molecule has 0 amide bonds. The number of rotatable bonds is 4. The Hall–Kier alpha value is -2.49. The van der Waals surface area contributed by atoms with Crippen LogP contribution in [0.3, 0.4) is 0 Å². The molecule has 3 rings (SSSR count). The second kappa shape index (κ2) is 5.48. The van der Waals surface area contributed by atoms with Crippen molar-refractivity contribution in [2.75, 3.05) is 11.5 Å². The number of aromatic hydroxyl groups is 1. The summed E-state index contributed by atoms with van der Waals surface area (Å²) in [6.45, 7) is 2.15. The maximum absolute atomic E-state index is 12.1. The number of carbonyl (C=O) groups excluding carboxylic acids is 1. The molecule has 0 radical (unpaired) electrons. The third kappa shape index (κ3) is 2.44. The van der Waals surface area contributed by atoms with Gasteiger partial charge in [-0.25, -0.2) is 4.79 Å². The Morgan fingerprint density at radius 1 is 1.14 bits per heavy atom. The van der Waals surface area contributed by atoms with Gasteiger partial charge in [0.1, 0.15) is 5.75 Å². The number of ether oxygens (including phenoxy) is 1. The first kappa shape index (κ1) is 13.5. The van der Waals surface area contributed by atoms with Crippen LogP contribution in [-0.2, 0) is 9.53 Å². The summed E-state index contributed by atoms with van der Waals surface area (Å²) in [7, 11) is 0. The number of benzene rings is 2. The molecule has 2 aromatic carbocycles. The van der Waals surface area contributed by atoms with E-state index in [1.165, 1.54) is 0 Å². The van der Waals surface area contributed by atoms with Crippen molar-refractivity contribution < 1.29 is 14.6 Å². The van der Waals surface area contributed by atoms with E-state index in [4.69, 9.17) is 4.74 Å². The molecule has 4 heteroatoms. The van der Waals surface area contributed by atoms with Crippen LogP contribution in [0.4, 0.5) is 5.69 Å². The minimum absolute atomic E-state index is 0.0847. The number of hydrogen-bond donors (Lipinski definition) is 1. The minimum Gasteiger partial charge on any atom is -0.506 e. The van der Waals surface area contributed by atoms with Gasteiger partial charge in [0.15, 0.2) is 6.04 Å².